The number of rotatable bonds is 4. The van der Waals surface area contributed by atoms with Crippen LogP contribution in [0.15, 0.2) is 35.2 Å². The fraction of sp³-hybridized carbons (Fsp3) is 0.619. The third-order valence-corrected chi connectivity index (χ3v) is 7.20. The molecule has 0 bridgehead atoms. The number of alkyl halides is 2. The first-order valence-corrected chi connectivity index (χ1v) is 11.2. The molecule has 3 nitrogen and oxygen atoms in total. The standard InChI is InChI=1S/C11H13OS.C10H16F2O2/c12-10-6-8-13(9-7-10)11-4-2-1-3-5-11;1-10(11,12)9(13)14-7-8-5-3-2-4-6-8/h1-5H,6-9H2;8H,2-7H2,1H3/q+1;. The van der Waals surface area contributed by atoms with Crippen LogP contribution in [0.5, 0.6) is 0 Å². The zero-order chi connectivity index (χ0) is 19.7. The summed E-state index contributed by atoms with van der Waals surface area (Å²) in [6, 6.07) is 10.6. The van der Waals surface area contributed by atoms with E-state index < -0.39 is 11.9 Å². The SMILES string of the molecule is CC(F)(F)C(=O)OCC1CCCCC1.O=C1CC[S+](c2ccccc2)CC1. The molecular weight excluding hydrogens is 370 g/mol. The van der Waals surface area contributed by atoms with Gasteiger partial charge in [-0.05, 0) is 30.9 Å². The second-order valence-electron chi connectivity index (χ2n) is 7.24. The zero-order valence-corrected chi connectivity index (χ0v) is 16.7. The Morgan fingerprint density at radius 2 is 1.70 bits per heavy atom. The molecule has 0 N–H and O–H groups in total. The van der Waals surface area contributed by atoms with Gasteiger partial charge in [-0.2, -0.15) is 8.78 Å². The van der Waals surface area contributed by atoms with E-state index in [1.807, 2.05) is 6.07 Å². The molecule has 1 saturated carbocycles. The summed E-state index contributed by atoms with van der Waals surface area (Å²) in [5, 5.41) is 0. The minimum Gasteiger partial charge on any atom is -0.461 e. The molecular formula is C21H29F2O3S+. The molecule has 1 saturated heterocycles. The molecule has 0 amide bonds. The summed E-state index contributed by atoms with van der Waals surface area (Å²) in [4.78, 5) is 23.2. The molecule has 1 aliphatic carbocycles. The van der Waals surface area contributed by atoms with E-state index in [0.717, 1.165) is 50.0 Å². The van der Waals surface area contributed by atoms with Gasteiger partial charge in [0.15, 0.2) is 4.90 Å². The van der Waals surface area contributed by atoms with E-state index >= 15 is 0 Å². The summed E-state index contributed by atoms with van der Waals surface area (Å²) < 4.78 is 29.3. The third kappa shape index (κ3) is 7.99. The number of hydrogen-bond acceptors (Lipinski definition) is 3. The molecule has 0 radical (unpaired) electrons. The number of Topliss-reactive ketones (excluding diaryl/α,β-unsaturated/α-hetero) is 1. The minimum atomic E-state index is -3.35. The summed E-state index contributed by atoms with van der Waals surface area (Å²) in [7, 11) is 0.350. The van der Waals surface area contributed by atoms with Gasteiger partial charge in [0.2, 0.25) is 0 Å². The van der Waals surface area contributed by atoms with Gasteiger partial charge in [-0.1, -0.05) is 37.5 Å². The molecule has 0 unspecified atom stereocenters. The molecule has 1 aromatic rings. The molecule has 27 heavy (non-hydrogen) atoms. The molecule has 150 valence electrons. The van der Waals surface area contributed by atoms with E-state index in [2.05, 4.69) is 29.0 Å². The van der Waals surface area contributed by atoms with Gasteiger partial charge >= 0.3 is 11.9 Å². The first-order valence-electron chi connectivity index (χ1n) is 9.65. The van der Waals surface area contributed by atoms with Crippen molar-refractivity contribution >= 4 is 22.6 Å². The normalized spacial score (nSPS) is 19.1. The van der Waals surface area contributed by atoms with Crippen molar-refractivity contribution in [2.75, 3.05) is 18.1 Å². The van der Waals surface area contributed by atoms with Crippen molar-refractivity contribution in [1.82, 2.24) is 0 Å². The van der Waals surface area contributed by atoms with E-state index in [1.165, 1.54) is 11.3 Å². The van der Waals surface area contributed by atoms with Gasteiger partial charge < -0.3 is 4.74 Å². The number of benzene rings is 1. The van der Waals surface area contributed by atoms with Gasteiger partial charge in [-0.25, -0.2) is 4.79 Å². The maximum Gasteiger partial charge on any atom is 0.376 e. The second kappa shape index (κ2) is 10.8. The fourth-order valence-corrected chi connectivity index (χ4v) is 5.39. The number of ether oxygens (including phenoxy) is 1. The topological polar surface area (TPSA) is 43.4 Å². The Morgan fingerprint density at radius 3 is 2.26 bits per heavy atom. The predicted octanol–water partition coefficient (Wildman–Crippen LogP) is 4.79. The Balaban J connectivity index is 0.000000194. The lowest BCUT2D eigenvalue weighted by Crippen LogP contribution is -2.29. The van der Waals surface area contributed by atoms with Crippen LogP contribution in [0.1, 0.15) is 51.9 Å². The van der Waals surface area contributed by atoms with Crippen LogP contribution in [-0.2, 0) is 25.2 Å². The van der Waals surface area contributed by atoms with Crippen molar-refractivity contribution in [3.63, 3.8) is 0 Å². The monoisotopic (exact) mass is 399 g/mol. The average molecular weight is 400 g/mol. The predicted molar refractivity (Wildman–Crippen MR) is 104 cm³/mol. The quantitative estimate of drug-likeness (QED) is 0.540. The first kappa shape index (κ1) is 21.9. The Hall–Kier alpha value is -1.43. The van der Waals surface area contributed by atoms with Crippen molar-refractivity contribution in [2.45, 2.75) is 62.7 Å². The highest BCUT2D eigenvalue weighted by molar-refractivity contribution is 7.97. The number of carbonyl (C=O) groups is 2. The van der Waals surface area contributed by atoms with E-state index in [4.69, 9.17) is 0 Å². The van der Waals surface area contributed by atoms with Crippen LogP contribution in [0.4, 0.5) is 8.78 Å². The number of halogens is 2. The molecule has 0 spiro atoms. The van der Waals surface area contributed by atoms with Crippen LogP contribution in [0.25, 0.3) is 0 Å². The van der Waals surface area contributed by atoms with Crippen molar-refractivity contribution in [3.05, 3.63) is 30.3 Å². The number of ketones is 1. The largest absolute Gasteiger partial charge is 0.461 e. The van der Waals surface area contributed by atoms with Crippen LogP contribution in [-0.4, -0.2) is 35.8 Å². The summed E-state index contributed by atoms with van der Waals surface area (Å²) in [5.74, 6) is -1.88. The number of hydrogen-bond donors (Lipinski definition) is 0. The lowest BCUT2D eigenvalue weighted by molar-refractivity contribution is -0.170. The molecule has 1 heterocycles. The van der Waals surface area contributed by atoms with E-state index in [9.17, 15) is 18.4 Å². The van der Waals surface area contributed by atoms with Crippen molar-refractivity contribution in [3.8, 4) is 0 Å². The molecule has 2 fully saturated rings. The fourth-order valence-electron chi connectivity index (χ4n) is 3.22. The molecule has 1 aromatic carbocycles. The minimum absolute atomic E-state index is 0.155. The smallest absolute Gasteiger partial charge is 0.376 e. The Bertz CT molecular complexity index is 585. The van der Waals surface area contributed by atoms with Crippen LogP contribution < -0.4 is 0 Å². The lowest BCUT2D eigenvalue weighted by Gasteiger charge is -2.21. The van der Waals surface area contributed by atoms with Gasteiger partial charge in [0.25, 0.3) is 0 Å². The first-order chi connectivity index (χ1) is 12.9. The maximum absolute atomic E-state index is 12.4. The Morgan fingerprint density at radius 1 is 1.11 bits per heavy atom. The van der Waals surface area contributed by atoms with Crippen molar-refractivity contribution in [2.24, 2.45) is 5.92 Å². The highest BCUT2D eigenvalue weighted by Gasteiger charge is 2.34. The summed E-state index contributed by atoms with van der Waals surface area (Å²) in [5.41, 5.74) is 0. The summed E-state index contributed by atoms with van der Waals surface area (Å²) >= 11 is 0. The average Bonchev–Trinajstić information content (AvgIpc) is 2.68. The maximum atomic E-state index is 12.4. The Labute approximate surface area is 163 Å². The summed E-state index contributed by atoms with van der Waals surface area (Å²) in [6.07, 6.45) is 6.99. The van der Waals surface area contributed by atoms with E-state index in [-0.39, 0.29) is 12.5 Å². The van der Waals surface area contributed by atoms with Crippen LogP contribution in [0.2, 0.25) is 0 Å². The van der Waals surface area contributed by atoms with Gasteiger partial charge in [0.05, 0.1) is 19.4 Å². The van der Waals surface area contributed by atoms with Crippen molar-refractivity contribution < 1.29 is 23.1 Å². The molecule has 2 aliphatic rings. The highest BCUT2D eigenvalue weighted by Crippen LogP contribution is 2.24. The zero-order valence-electron chi connectivity index (χ0n) is 15.9. The lowest BCUT2D eigenvalue weighted by atomic mass is 9.90. The van der Waals surface area contributed by atoms with Gasteiger partial charge in [0, 0.05) is 17.8 Å². The van der Waals surface area contributed by atoms with Crippen LogP contribution in [0, 0.1) is 5.92 Å². The third-order valence-electron chi connectivity index (χ3n) is 4.86. The van der Waals surface area contributed by atoms with Crippen molar-refractivity contribution in [1.29, 1.82) is 0 Å². The highest BCUT2D eigenvalue weighted by atomic mass is 32.2. The molecule has 0 atom stereocenters. The van der Waals surface area contributed by atoms with Gasteiger partial charge in [-0.15, -0.1) is 0 Å². The van der Waals surface area contributed by atoms with Gasteiger partial charge in [-0.3, -0.25) is 4.79 Å². The molecule has 1 aliphatic heterocycles. The van der Waals surface area contributed by atoms with Gasteiger partial charge in [0.1, 0.15) is 17.3 Å². The van der Waals surface area contributed by atoms with Crippen LogP contribution in [0.3, 0.4) is 0 Å². The second-order valence-corrected chi connectivity index (χ2v) is 9.52. The van der Waals surface area contributed by atoms with E-state index in [1.54, 1.807) is 0 Å². The molecule has 0 aromatic heterocycles. The van der Waals surface area contributed by atoms with E-state index in [0.29, 0.717) is 23.6 Å². The number of carbonyl (C=O) groups excluding carboxylic acids is 2. The summed E-state index contributed by atoms with van der Waals surface area (Å²) in [6.45, 7) is 0.721. The molecule has 3 rings (SSSR count). The molecule has 6 heteroatoms. The number of esters is 1. The Kier molecular flexibility index (Phi) is 8.74. The van der Waals surface area contributed by atoms with Crippen LogP contribution >= 0.6 is 0 Å².